The van der Waals surface area contributed by atoms with E-state index in [1.165, 1.54) is 35.4 Å². The third-order valence-corrected chi connectivity index (χ3v) is 4.37. The highest BCUT2D eigenvalue weighted by Crippen LogP contribution is 2.19. The molecule has 2 nitrogen and oxygen atoms in total. The molecule has 1 aromatic rings. The molecule has 2 aliphatic carbocycles. The smallest absolute Gasteiger partial charge is 0.0394 e. The van der Waals surface area contributed by atoms with E-state index in [9.17, 15) is 0 Å². The van der Waals surface area contributed by atoms with Gasteiger partial charge in [0, 0.05) is 24.5 Å². The van der Waals surface area contributed by atoms with E-state index in [0.717, 1.165) is 19.5 Å². The van der Waals surface area contributed by atoms with Crippen LogP contribution in [0.1, 0.15) is 24.8 Å². The average molecular weight is 306 g/mol. The van der Waals surface area contributed by atoms with Crippen LogP contribution in [-0.2, 0) is 0 Å². The zero-order chi connectivity index (χ0) is 15.9. The van der Waals surface area contributed by atoms with Crippen molar-refractivity contribution in [3.8, 4) is 0 Å². The quantitative estimate of drug-likeness (QED) is 0.793. The maximum atomic E-state index is 3.59. The topological polar surface area (TPSA) is 24.1 Å². The number of anilines is 1. The fourth-order valence-corrected chi connectivity index (χ4v) is 2.95. The van der Waals surface area contributed by atoms with Gasteiger partial charge in [-0.1, -0.05) is 48.1 Å². The highest BCUT2D eigenvalue weighted by atomic mass is 14.9. The van der Waals surface area contributed by atoms with Crippen LogP contribution in [0.3, 0.4) is 0 Å². The van der Waals surface area contributed by atoms with Crippen LogP contribution in [0.5, 0.6) is 0 Å². The molecule has 0 bridgehead atoms. The number of rotatable bonds is 6. The molecule has 2 aliphatic rings. The molecule has 1 atom stereocenters. The zero-order valence-electron chi connectivity index (χ0n) is 13.9. The predicted octanol–water partition coefficient (Wildman–Crippen LogP) is 4.73. The summed E-state index contributed by atoms with van der Waals surface area (Å²) in [6.07, 6.45) is 17.0. The predicted molar refractivity (Wildman–Crippen MR) is 99.5 cm³/mol. The summed E-state index contributed by atoms with van der Waals surface area (Å²) in [7, 11) is 0. The monoisotopic (exact) mass is 306 g/mol. The number of nitrogens with one attached hydrogen (secondary N) is 2. The van der Waals surface area contributed by atoms with Gasteiger partial charge >= 0.3 is 0 Å². The standard InChI is InChI=1S/C21H26N2/c1-17-10-12-20(13-11-17)22-16-19-8-5-9-21(14-19)23-15-18-6-3-2-4-7-18/h3,5-13,19,22-23H,2,4,14-16H2,1H3. The first kappa shape index (κ1) is 15.7. The van der Waals surface area contributed by atoms with Gasteiger partial charge < -0.3 is 10.6 Å². The molecular weight excluding hydrogens is 280 g/mol. The van der Waals surface area contributed by atoms with Crippen molar-refractivity contribution in [1.29, 1.82) is 0 Å². The Labute approximate surface area is 139 Å². The van der Waals surface area contributed by atoms with Gasteiger partial charge in [-0.25, -0.2) is 0 Å². The second kappa shape index (κ2) is 7.87. The second-order valence-electron chi connectivity index (χ2n) is 6.40. The summed E-state index contributed by atoms with van der Waals surface area (Å²) in [4.78, 5) is 0. The van der Waals surface area contributed by atoms with Crippen molar-refractivity contribution in [3.63, 3.8) is 0 Å². The van der Waals surface area contributed by atoms with Crippen LogP contribution in [0.25, 0.3) is 0 Å². The van der Waals surface area contributed by atoms with E-state index >= 15 is 0 Å². The van der Waals surface area contributed by atoms with Gasteiger partial charge in [-0.15, -0.1) is 0 Å². The molecule has 1 aromatic carbocycles. The number of aryl methyl sites for hydroxylation is 1. The van der Waals surface area contributed by atoms with Crippen molar-refractivity contribution < 1.29 is 0 Å². The van der Waals surface area contributed by atoms with Crippen molar-refractivity contribution >= 4 is 5.69 Å². The number of hydrogen-bond acceptors (Lipinski definition) is 2. The first-order chi connectivity index (χ1) is 11.3. The molecule has 0 aliphatic heterocycles. The Morgan fingerprint density at radius 2 is 1.96 bits per heavy atom. The van der Waals surface area contributed by atoms with Gasteiger partial charge in [0.15, 0.2) is 0 Å². The van der Waals surface area contributed by atoms with E-state index in [1.807, 2.05) is 0 Å². The van der Waals surface area contributed by atoms with Crippen LogP contribution in [0.4, 0.5) is 5.69 Å². The highest BCUT2D eigenvalue weighted by molar-refractivity contribution is 5.44. The van der Waals surface area contributed by atoms with Crippen molar-refractivity contribution in [2.45, 2.75) is 26.2 Å². The van der Waals surface area contributed by atoms with Crippen LogP contribution in [0.2, 0.25) is 0 Å². The molecule has 0 fully saturated rings. The highest BCUT2D eigenvalue weighted by Gasteiger charge is 2.11. The summed E-state index contributed by atoms with van der Waals surface area (Å²) < 4.78 is 0. The molecule has 0 saturated carbocycles. The lowest BCUT2D eigenvalue weighted by Gasteiger charge is -2.21. The van der Waals surface area contributed by atoms with Gasteiger partial charge in [0.2, 0.25) is 0 Å². The molecule has 0 heterocycles. The molecule has 0 aromatic heterocycles. The van der Waals surface area contributed by atoms with Crippen LogP contribution in [-0.4, -0.2) is 13.1 Å². The lowest BCUT2D eigenvalue weighted by Crippen LogP contribution is -2.22. The Balaban J connectivity index is 1.45. The summed E-state index contributed by atoms with van der Waals surface area (Å²) in [5, 5.41) is 7.13. The van der Waals surface area contributed by atoms with Crippen LogP contribution in [0, 0.1) is 12.8 Å². The fraction of sp³-hybridized carbons (Fsp3) is 0.333. The molecule has 1 unspecified atom stereocenters. The lowest BCUT2D eigenvalue weighted by atomic mass is 9.97. The normalized spacial score (nSPS) is 20.0. The van der Waals surface area contributed by atoms with Gasteiger partial charge in [-0.05, 0) is 55.9 Å². The Hall–Kier alpha value is -2.22. The van der Waals surface area contributed by atoms with Crippen molar-refractivity contribution in [1.82, 2.24) is 5.32 Å². The van der Waals surface area contributed by atoms with E-state index in [4.69, 9.17) is 0 Å². The van der Waals surface area contributed by atoms with Crippen molar-refractivity contribution in [3.05, 3.63) is 77.6 Å². The molecule has 0 amide bonds. The summed E-state index contributed by atoms with van der Waals surface area (Å²) in [6.45, 7) is 4.03. The number of benzene rings is 1. The molecule has 0 spiro atoms. The SMILES string of the molecule is Cc1ccc(NCC2C=CC=C(NCC3=CCCC=C3)C2)cc1. The van der Waals surface area contributed by atoms with Crippen LogP contribution in [0.15, 0.2) is 72.0 Å². The van der Waals surface area contributed by atoms with E-state index in [1.54, 1.807) is 0 Å². The average Bonchev–Trinajstić information content (AvgIpc) is 2.61. The largest absolute Gasteiger partial charge is 0.384 e. The minimum atomic E-state index is 0.541. The Kier molecular flexibility index (Phi) is 5.36. The molecule has 23 heavy (non-hydrogen) atoms. The van der Waals surface area contributed by atoms with Gasteiger partial charge in [0.1, 0.15) is 0 Å². The second-order valence-corrected chi connectivity index (χ2v) is 6.40. The minimum Gasteiger partial charge on any atom is -0.384 e. The van der Waals surface area contributed by atoms with Crippen molar-refractivity contribution in [2.75, 3.05) is 18.4 Å². The minimum absolute atomic E-state index is 0.541. The summed E-state index contributed by atoms with van der Waals surface area (Å²) >= 11 is 0. The molecule has 2 heteroatoms. The van der Waals surface area contributed by atoms with Gasteiger partial charge in [0.05, 0.1) is 0 Å². The zero-order valence-corrected chi connectivity index (χ0v) is 13.9. The summed E-state index contributed by atoms with van der Waals surface area (Å²) in [6, 6.07) is 8.60. The fourth-order valence-electron chi connectivity index (χ4n) is 2.95. The Bertz CT molecular complexity index is 632. The molecule has 120 valence electrons. The first-order valence-corrected chi connectivity index (χ1v) is 8.57. The van der Waals surface area contributed by atoms with E-state index in [2.05, 4.69) is 78.3 Å². The van der Waals surface area contributed by atoms with Crippen LogP contribution < -0.4 is 10.6 Å². The molecular formula is C21H26N2. The first-order valence-electron chi connectivity index (χ1n) is 8.57. The summed E-state index contributed by atoms with van der Waals surface area (Å²) in [5.41, 5.74) is 5.24. The maximum absolute atomic E-state index is 3.59. The Morgan fingerprint density at radius 1 is 1.09 bits per heavy atom. The third-order valence-electron chi connectivity index (χ3n) is 4.37. The van der Waals surface area contributed by atoms with E-state index < -0.39 is 0 Å². The molecule has 2 N–H and O–H groups in total. The van der Waals surface area contributed by atoms with Crippen molar-refractivity contribution in [2.24, 2.45) is 5.92 Å². The molecule has 3 rings (SSSR count). The maximum Gasteiger partial charge on any atom is 0.0394 e. The number of hydrogen-bond donors (Lipinski definition) is 2. The van der Waals surface area contributed by atoms with E-state index in [0.29, 0.717) is 5.92 Å². The third kappa shape index (κ3) is 4.88. The summed E-state index contributed by atoms with van der Waals surface area (Å²) in [5.74, 6) is 0.541. The van der Waals surface area contributed by atoms with Crippen LogP contribution >= 0.6 is 0 Å². The molecule has 0 saturated heterocycles. The van der Waals surface area contributed by atoms with E-state index in [-0.39, 0.29) is 0 Å². The molecule has 0 radical (unpaired) electrons. The van der Waals surface area contributed by atoms with Gasteiger partial charge in [0.25, 0.3) is 0 Å². The van der Waals surface area contributed by atoms with Gasteiger partial charge in [-0.2, -0.15) is 0 Å². The van der Waals surface area contributed by atoms with Gasteiger partial charge in [-0.3, -0.25) is 0 Å². The lowest BCUT2D eigenvalue weighted by molar-refractivity contribution is 0.630. The number of allylic oxidation sites excluding steroid dienone is 5. The Morgan fingerprint density at radius 3 is 2.74 bits per heavy atom.